The van der Waals surface area contributed by atoms with E-state index in [1.165, 1.54) is 0 Å². The molecule has 15 heavy (non-hydrogen) atoms. The van der Waals surface area contributed by atoms with Crippen LogP contribution in [0.25, 0.3) is 0 Å². The zero-order chi connectivity index (χ0) is 10.7. The molecule has 78 valence electrons. The lowest BCUT2D eigenvalue weighted by Crippen LogP contribution is -2.02. The average molecular weight is 204 g/mol. The standard InChI is InChI=1S/C10H12N4O/c1-7-9(4-3-5-11-7)6-12-10-13-8(2)14-15-10/h3-5H,6H2,1-2H3,(H,12,13,14). The van der Waals surface area contributed by atoms with Crippen molar-refractivity contribution in [1.82, 2.24) is 15.1 Å². The van der Waals surface area contributed by atoms with Gasteiger partial charge in [0.05, 0.1) is 0 Å². The van der Waals surface area contributed by atoms with Gasteiger partial charge in [-0.25, -0.2) is 0 Å². The molecule has 0 aliphatic heterocycles. The Morgan fingerprint density at radius 3 is 2.93 bits per heavy atom. The number of hydrogen-bond acceptors (Lipinski definition) is 5. The van der Waals surface area contributed by atoms with E-state index in [0.29, 0.717) is 18.4 Å². The van der Waals surface area contributed by atoms with Crippen molar-refractivity contribution in [3.8, 4) is 0 Å². The molecule has 2 aromatic rings. The van der Waals surface area contributed by atoms with Crippen LogP contribution in [-0.2, 0) is 6.54 Å². The molecular weight excluding hydrogens is 192 g/mol. The lowest BCUT2D eigenvalue weighted by molar-refractivity contribution is 0.425. The fourth-order valence-corrected chi connectivity index (χ4v) is 1.24. The van der Waals surface area contributed by atoms with Gasteiger partial charge in [0, 0.05) is 18.4 Å². The van der Waals surface area contributed by atoms with Crippen LogP contribution in [0.1, 0.15) is 17.1 Å². The van der Waals surface area contributed by atoms with E-state index < -0.39 is 0 Å². The van der Waals surface area contributed by atoms with E-state index >= 15 is 0 Å². The smallest absolute Gasteiger partial charge is 0.321 e. The number of anilines is 1. The Kier molecular flexibility index (Phi) is 2.62. The second-order valence-corrected chi connectivity index (χ2v) is 3.25. The van der Waals surface area contributed by atoms with Gasteiger partial charge in [-0.1, -0.05) is 11.2 Å². The number of aromatic nitrogens is 3. The number of nitrogens with one attached hydrogen (secondary N) is 1. The van der Waals surface area contributed by atoms with Crippen LogP contribution in [0.2, 0.25) is 0 Å². The molecule has 0 aliphatic rings. The topological polar surface area (TPSA) is 63.8 Å². The van der Waals surface area contributed by atoms with Gasteiger partial charge in [-0.3, -0.25) is 4.98 Å². The molecular formula is C10H12N4O. The van der Waals surface area contributed by atoms with Crippen molar-refractivity contribution in [2.24, 2.45) is 0 Å². The molecule has 2 rings (SSSR count). The van der Waals surface area contributed by atoms with Crippen molar-refractivity contribution in [2.45, 2.75) is 20.4 Å². The molecule has 0 aliphatic carbocycles. The quantitative estimate of drug-likeness (QED) is 0.824. The zero-order valence-corrected chi connectivity index (χ0v) is 8.69. The molecule has 2 heterocycles. The van der Waals surface area contributed by atoms with Gasteiger partial charge in [0.1, 0.15) is 0 Å². The average Bonchev–Trinajstić information content (AvgIpc) is 2.63. The second-order valence-electron chi connectivity index (χ2n) is 3.25. The van der Waals surface area contributed by atoms with Gasteiger partial charge in [-0.15, -0.1) is 0 Å². The van der Waals surface area contributed by atoms with Crippen LogP contribution in [0.3, 0.4) is 0 Å². The van der Waals surface area contributed by atoms with Gasteiger partial charge >= 0.3 is 6.01 Å². The van der Waals surface area contributed by atoms with Gasteiger partial charge < -0.3 is 9.84 Å². The molecule has 0 radical (unpaired) electrons. The first-order chi connectivity index (χ1) is 7.25. The molecule has 0 bridgehead atoms. The van der Waals surface area contributed by atoms with E-state index in [4.69, 9.17) is 4.52 Å². The minimum atomic E-state index is 0.441. The molecule has 0 saturated carbocycles. The minimum absolute atomic E-state index is 0.441. The summed E-state index contributed by atoms with van der Waals surface area (Å²) in [5.74, 6) is 0.625. The Balaban J connectivity index is 2.02. The van der Waals surface area contributed by atoms with E-state index in [0.717, 1.165) is 11.3 Å². The highest BCUT2D eigenvalue weighted by Crippen LogP contribution is 2.08. The monoisotopic (exact) mass is 204 g/mol. The predicted molar refractivity (Wildman–Crippen MR) is 55.3 cm³/mol. The van der Waals surface area contributed by atoms with Crippen LogP contribution < -0.4 is 5.32 Å². The Morgan fingerprint density at radius 2 is 2.27 bits per heavy atom. The number of aryl methyl sites for hydroxylation is 2. The number of pyridine rings is 1. The Bertz CT molecular complexity index is 452. The second kappa shape index (κ2) is 4.08. The summed E-state index contributed by atoms with van der Waals surface area (Å²) in [6, 6.07) is 4.36. The van der Waals surface area contributed by atoms with Gasteiger partial charge in [0.15, 0.2) is 5.82 Å². The van der Waals surface area contributed by atoms with Crippen LogP contribution in [0.15, 0.2) is 22.9 Å². The number of nitrogens with zero attached hydrogens (tertiary/aromatic N) is 3. The molecule has 0 fully saturated rings. The Morgan fingerprint density at radius 1 is 1.40 bits per heavy atom. The molecule has 0 aromatic carbocycles. The van der Waals surface area contributed by atoms with Crippen molar-refractivity contribution < 1.29 is 4.52 Å². The highest BCUT2D eigenvalue weighted by atomic mass is 16.5. The summed E-state index contributed by atoms with van der Waals surface area (Å²) in [6.07, 6.45) is 1.77. The van der Waals surface area contributed by atoms with Crippen molar-refractivity contribution >= 4 is 6.01 Å². The molecule has 2 aromatic heterocycles. The molecule has 0 saturated heterocycles. The molecule has 1 N–H and O–H groups in total. The maximum absolute atomic E-state index is 4.93. The van der Waals surface area contributed by atoms with E-state index in [1.807, 2.05) is 19.1 Å². The third-order valence-corrected chi connectivity index (χ3v) is 2.07. The first-order valence-corrected chi connectivity index (χ1v) is 4.70. The molecule has 0 unspecified atom stereocenters. The SMILES string of the molecule is Cc1noc(NCc2cccnc2C)n1. The number of rotatable bonds is 3. The van der Waals surface area contributed by atoms with E-state index in [2.05, 4.69) is 20.4 Å². The molecule has 0 atom stereocenters. The Hall–Kier alpha value is -1.91. The van der Waals surface area contributed by atoms with Crippen molar-refractivity contribution in [1.29, 1.82) is 0 Å². The third kappa shape index (κ3) is 2.31. The largest absolute Gasteiger partial charge is 0.334 e. The fraction of sp³-hybridized carbons (Fsp3) is 0.300. The molecule has 0 amide bonds. The van der Waals surface area contributed by atoms with Gasteiger partial charge in [0.2, 0.25) is 0 Å². The number of hydrogen-bond donors (Lipinski definition) is 1. The van der Waals surface area contributed by atoms with Crippen LogP contribution in [-0.4, -0.2) is 15.1 Å². The predicted octanol–water partition coefficient (Wildman–Crippen LogP) is 1.69. The minimum Gasteiger partial charge on any atom is -0.334 e. The normalized spacial score (nSPS) is 10.3. The lowest BCUT2D eigenvalue weighted by Gasteiger charge is -2.03. The summed E-state index contributed by atoms with van der Waals surface area (Å²) < 4.78 is 4.93. The lowest BCUT2D eigenvalue weighted by atomic mass is 10.2. The zero-order valence-electron chi connectivity index (χ0n) is 8.69. The van der Waals surface area contributed by atoms with E-state index in [9.17, 15) is 0 Å². The summed E-state index contributed by atoms with van der Waals surface area (Å²) in [6.45, 7) is 4.39. The van der Waals surface area contributed by atoms with Gasteiger partial charge in [-0.2, -0.15) is 4.98 Å². The Labute approximate surface area is 87.5 Å². The summed E-state index contributed by atoms with van der Waals surface area (Å²) in [7, 11) is 0. The van der Waals surface area contributed by atoms with Crippen LogP contribution in [0.4, 0.5) is 6.01 Å². The summed E-state index contributed by atoms with van der Waals surface area (Å²) in [5.41, 5.74) is 2.12. The van der Waals surface area contributed by atoms with Crippen molar-refractivity contribution in [3.05, 3.63) is 35.4 Å². The molecule has 5 heteroatoms. The maximum atomic E-state index is 4.93. The summed E-state index contributed by atoms with van der Waals surface area (Å²) in [4.78, 5) is 8.24. The third-order valence-electron chi connectivity index (χ3n) is 2.07. The maximum Gasteiger partial charge on any atom is 0.321 e. The molecule has 5 nitrogen and oxygen atoms in total. The van der Waals surface area contributed by atoms with Crippen LogP contribution >= 0.6 is 0 Å². The van der Waals surface area contributed by atoms with Gasteiger partial charge in [0.25, 0.3) is 0 Å². The van der Waals surface area contributed by atoms with Crippen molar-refractivity contribution in [2.75, 3.05) is 5.32 Å². The van der Waals surface area contributed by atoms with Gasteiger partial charge in [-0.05, 0) is 25.5 Å². The van der Waals surface area contributed by atoms with Crippen LogP contribution in [0.5, 0.6) is 0 Å². The molecule has 0 spiro atoms. The fourth-order valence-electron chi connectivity index (χ4n) is 1.24. The highest BCUT2D eigenvalue weighted by molar-refractivity contribution is 5.25. The van der Waals surface area contributed by atoms with Crippen LogP contribution in [0, 0.1) is 13.8 Å². The summed E-state index contributed by atoms with van der Waals surface area (Å²) in [5, 5.41) is 6.73. The summed E-state index contributed by atoms with van der Waals surface area (Å²) >= 11 is 0. The highest BCUT2D eigenvalue weighted by Gasteiger charge is 2.02. The van der Waals surface area contributed by atoms with E-state index in [1.54, 1.807) is 13.1 Å². The first kappa shape index (κ1) is 9.64. The van der Waals surface area contributed by atoms with Crippen molar-refractivity contribution in [3.63, 3.8) is 0 Å². The van der Waals surface area contributed by atoms with E-state index in [-0.39, 0.29) is 0 Å². The first-order valence-electron chi connectivity index (χ1n) is 4.70.